The SMILES string of the molecule is CCCCCCCC(C)C(CCCCC)CC1CCCCCC(C)CCCC1. The zero-order chi connectivity index (χ0) is 20.5. The summed E-state index contributed by atoms with van der Waals surface area (Å²) in [4.78, 5) is 0. The molecule has 0 bridgehead atoms. The van der Waals surface area contributed by atoms with Crippen LogP contribution in [-0.2, 0) is 0 Å². The van der Waals surface area contributed by atoms with Crippen LogP contribution in [0.3, 0.4) is 0 Å². The molecule has 1 aliphatic carbocycles. The molecule has 0 nitrogen and oxygen atoms in total. The molecule has 0 amide bonds. The highest BCUT2D eigenvalue weighted by Gasteiger charge is 2.22. The molecule has 0 radical (unpaired) electrons. The second kappa shape index (κ2) is 17.8. The summed E-state index contributed by atoms with van der Waals surface area (Å²) in [6.07, 6.45) is 29.6. The van der Waals surface area contributed by atoms with Crippen LogP contribution < -0.4 is 0 Å². The summed E-state index contributed by atoms with van der Waals surface area (Å²) in [6, 6.07) is 0. The fourth-order valence-electron chi connectivity index (χ4n) is 5.58. The van der Waals surface area contributed by atoms with E-state index in [-0.39, 0.29) is 0 Å². The van der Waals surface area contributed by atoms with Gasteiger partial charge >= 0.3 is 0 Å². The van der Waals surface area contributed by atoms with Crippen LogP contribution in [-0.4, -0.2) is 0 Å². The molecule has 0 heteroatoms. The van der Waals surface area contributed by atoms with Gasteiger partial charge in [0.1, 0.15) is 0 Å². The largest absolute Gasteiger partial charge is 0.0654 e. The zero-order valence-corrected chi connectivity index (χ0v) is 20.5. The molecule has 4 atom stereocenters. The van der Waals surface area contributed by atoms with Crippen molar-refractivity contribution in [3.8, 4) is 0 Å². The quantitative estimate of drug-likeness (QED) is 0.273. The van der Waals surface area contributed by atoms with Gasteiger partial charge in [-0.05, 0) is 30.1 Å². The average molecular weight is 393 g/mol. The smallest absolute Gasteiger partial charge is 0.0386 e. The molecule has 4 unspecified atom stereocenters. The van der Waals surface area contributed by atoms with E-state index in [1.807, 2.05) is 0 Å². The first-order chi connectivity index (χ1) is 13.7. The summed E-state index contributed by atoms with van der Waals surface area (Å²) in [5, 5.41) is 0. The molecule has 1 aliphatic rings. The highest BCUT2D eigenvalue weighted by atomic mass is 14.3. The van der Waals surface area contributed by atoms with Gasteiger partial charge in [0.2, 0.25) is 0 Å². The van der Waals surface area contributed by atoms with Crippen LogP contribution in [0.5, 0.6) is 0 Å². The van der Waals surface area contributed by atoms with Crippen LogP contribution >= 0.6 is 0 Å². The fourth-order valence-corrected chi connectivity index (χ4v) is 5.58. The van der Waals surface area contributed by atoms with Gasteiger partial charge < -0.3 is 0 Å². The summed E-state index contributed by atoms with van der Waals surface area (Å²) in [7, 11) is 0. The maximum atomic E-state index is 2.60. The van der Waals surface area contributed by atoms with Crippen LogP contribution in [0.25, 0.3) is 0 Å². The summed E-state index contributed by atoms with van der Waals surface area (Å²) in [5.74, 6) is 3.97. The minimum atomic E-state index is 0.955. The molecule has 0 N–H and O–H groups in total. The predicted octanol–water partition coefficient (Wildman–Crippen LogP) is 10.3. The van der Waals surface area contributed by atoms with Crippen LogP contribution in [0.1, 0.15) is 156 Å². The molecule has 0 aromatic heterocycles. The van der Waals surface area contributed by atoms with Crippen LogP contribution in [0.4, 0.5) is 0 Å². The monoisotopic (exact) mass is 392 g/mol. The van der Waals surface area contributed by atoms with E-state index in [9.17, 15) is 0 Å². The van der Waals surface area contributed by atoms with Crippen molar-refractivity contribution in [2.45, 2.75) is 156 Å². The number of unbranched alkanes of at least 4 members (excludes halogenated alkanes) is 6. The van der Waals surface area contributed by atoms with E-state index < -0.39 is 0 Å². The molecule has 0 aromatic carbocycles. The van der Waals surface area contributed by atoms with Crippen LogP contribution in [0.2, 0.25) is 0 Å². The molecule has 168 valence electrons. The van der Waals surface area contributed by atoms with Crippen molar-refractivity contribution in [3.05, 3.63) is 0 Å². The summed E-state index contributed by atoms with van der Waals surface area (Å²) in [5.41, 5.74) is 0. The van der Waals surface area contributed by atoms with E-state index in [2.05, 4.69) is 27.7 Å². The molecular weight excluding hydrogens is 336 g/mol. The van der Waals surface area contributed by atoms with E-state index in [0.29, 0.717) is 0 Å². The lowest BCUT2D eigenvalue weighted by atomic mass is 9.77. The number of hydrogen-bond acceptors (Lipinski definition) is 0. The van der Waals surface area contributed by atoms with E-state index in [0.717, 1.165) is 23.7 Å². The molecule has 1 rings (SSSR count). The summed E-state index contributed by atoms with van der Waals surface area (Å²) < 4.78 is 0. The molecule has 0 saturated heterocycles. The maximum absolute atomic E-state index is 2.60. The topological polar surface area (TPSA) is 0 Å². The van der Waals surface area contributed by atoms with Crippen molar-refractivity contribution in [2.24, 2.45) is 23.7 Å². The van der Waals surface area contributed by atoms with Crippen LogP contribution in [0, 0.1) is 23.7 Å². The Bertz CT molecular complexity index is 320. The molecule has 1 fully saturated rings. The second-order valence-electron chi connectivity index (χ2n) is 10.6. The van der Waals surface area contributed by atoms with E-state index in [4.69, 9.17) is 0 Å². The number of hydrogen-bond donors (Lipinski definition) is 0. The van der Waals surface area contributed by atoms with E-state index in [1.54, 1.807) is 6.42 Å². The minimum Gasteiger partial charge on any atom is -0.0654 e. The van der Waals surface area contributed by atoms with Gasteiger partial charge in [-0.15, -0.1) is 0 Å². The van der Waals surface area contributed by atoms with Gasteiger partial charge in [0.25, 0.3) is 0 Å². The predicted molar refractivity (Wildman–Crippen MR) is 129 cm³/mol. The molecule has 1 saturated carbocycles. The standard InChI is InChI=1S/C28H56/c1-5-7-9-10-14-20-26(4)28(23-12-8-6-2)24-27-21-15-11-13-18-25(3)19-16-17-22-27/h25-28H,5-24H2,1-4H3. The Balaban J connectivity index is 2.50. The first kappa shape index (κ1) is 26.0. The van der Waals surface area contributed by atoms with Crippen molar-refractivity contribution >= 4 is 0 Å². The lowest BCUT2D eigenvalue weighted by molar-refractivity contribution is 0.226. The van der Waals surface area contributed by atoms with Crippen molar-refractivity contribution in [2.75, 3.05) is 0 Å². The third-order valence-corrected chi connectivity index (χ3v) is 7.75. The zero-order valence-electron chi connectivity index (χ0n) is 20.5. The Morgan fingerprint density at radius 1 is 0.643 bits per heavy atom. The Morgan fingerprint density at radius 2 is 1.18 bits per heavy atom. The van der Waals surface area contributed by atoms with Crippen molar-refractivity contribution in [1.29, 1.82) is 0 Å². The molecule has 0 spiro atoms. The summed E-state index contributed by atoms with van der Waals surface area (Å²) >= 11 is 0. The Labute approximate surface area is 180 Å². The lowest BCUT2D eigenvalue weighted by Gasteiger charge is -2.29. The first-order valence-electron chi connectivity index (χ1n) is 13.7. The van der Waals surface area contributed by atoms with Crippen molar-refractivity contribution in [1.82, 2.24) is 0 Å². The fraction of sp³-hybridized carbons (Fsp3) is 1.00. The van der Waals surface area contributed by atoms with Gasteiger partial charge in [-0.3, -0.25) is 0 Å². The third kappa shape index (κ3) is 13.3. The van der Waals surface area contributed by atoms with Crippen LogP contribution in [0.15, 0.2) is 0 Å². The minimum absolute atomic E-state index is 0.955. The van der Waals surface area contributed by atoms with E-state index >= 15 is 0 Å². The molecular formula is C28H56. The van der Waals surface area contributed by atoms with Gasteiger partial charge in [0.15, 0.2) is 0 Å². The Hall–Kier alpha value is 0. The van der Waals surface area contributed by atoms with Crippen molar-refractivity contribution < 1.29 is 0 Å². The number of rotatable bonds is 13. The Morgan fingerprint density at radius 3 is 1.89 bits per heavy atom. The normalized spacial score (nSPS) is 24.4. The first-order valence-corrected chi connectivity index (χ1v) is 13.7. The molecule has 0 heterocycles. The lowest BCUT2D eigenvalue weighted by Crippen LogP contribution is -2.17. The second-order valence-corrected chi connectivity index (χ2v) is 10.6. The highest BCUT2D eigenvalue weighted by molar-refractivity contribution is 4.73. The molecule has 0 aliphatic heterocycles. The van der Waals surface area contributed by atoms with Gasteiger partial charge in [0, 0.05) is 0 Å². The Kier molecular flexibility index (Phi) is 16.6. The van der Waals surface area contributed by atoms with Crippen molar-refractivity contribution in [3.63, 3.8) is 0 Å². The third-order valence-electron chi connectivity index (χ3n) is 7.75. The molecule has 0 aromatic rings. The van der Waals surface area contributed by atoms with Gasteiger partial charge in [-0.25, -0.2) is 0 Å². The average Bonchev–Trinajstić information content (AvgIpc) is 2.73. The molecule has 28 heavy (non-hydrogen) atoms. The maximum Gasteiger partial charge on any atom is -0.0386 e. The van der Waals surface area contributed by atoms with E-state index in [1.165, 1.54) is 122 Å². The van der Waals surface area contributed by atoms with Gasteiger partial charge in [-0.1, -0.05) is 150 Å². The summed E-state index contributed by atoms with van der Waals surface area (Å²) in [6.45, 7) is 9.77. The highest BCUT2D eigenvalue weighted by Crippen LogP contribution is 2.34. The van der Waals surface area contributed by atoms with Gasteiger partial charge in [-0.2, -0.15) is 0 Å². The van der Waals surface area contributed by atoms with Gasteiger partial charge in [0.05, 0.1) is 0 Å².